The maximum atomic E-state index is 13.0. The molecule has 1 fully saturated rings. The van der Waals surface area contributed by atoms with Gasteiger partial charge >= 0.3 is 5.97 Å². The van der Waals surface area contributed by atoms with Gasteiger partial charge in [0.05, 0.1) is 23.6 Å². The van der Waals surface area contributed by atoms with Crippen molar-refractivity contribution in [1.82, 2.24) is 20.5 Å². The Morgan fingerprint density at radius 2 is 1.93 bits per heavy atom. The summed E-state index contributed by atoms with van der Waals surface area (Å²) >= 11 is 20.1. The van der Waals surface area contributed by atoms with Crippen molar-refractivity contribution in [3.63, 3.8) is 0 Å². The number of nitrogens with one attached hydrogen (secondary N) is 2. The normalized spacial score (nSPS) is 18.5. The maximum absolute atomic E-state index is 13.0. The first-order valence-corrected chi connectivity index (χ1v) is 15.4. The standard InChI is InChI=1S/C25H23Cl2N5O7S3/c26-16-5-12(6-17(27)29-16)7-19(40)30-20-22(35)32-21(25(38)39)13(11-42-23(20)32)10-41-14-1-3-31(4-2-14)8-18(34)28-15(9-33)24(36)37/h1-6,15,20,23,33H,7-11H2,(H3-,28,30,34,36,37,38,39,40)/t15?,20-,23-/m1/s1. The van der Waals surface area contributed by atoms with Crippen LogP contribution in [0.2, 0.25) is 10.3 Å². The van der Waals surface area contributed by atoms with Crippen molar-refractivity contribution in [3.05, 3.63) is 63.8 Å². The highest BCUT2D eigenvalue weighted by Crippen LogP contribution is 2.41. The quantitative estimate of drug-likeness (QED) is 0.0768. The number of carboxylic acids is 2. The Morgan fingerprint density at radius 1 is 1.26 bits per heavy atom. The van der Waals surface area contributed by atoms with Crippen LogP contribution in [-0.4, -0.2) is 84.4 Å². The third-order valence-corrected chi connectivity index (χ3v) is 9.24. The van der Waals surface area contributed by atoms with Crippen molar-refractivity contribution >= 4 is 87.7 Å². The Labute approximate surface area is 263 Å². The van der Waals surface area contributed by atoms with Crippen LogP contribution < -0.4 is 20.3 Å². The molecular weight excluding hydrogens is 649 g/mol. The fraction of sp³-hybridized carbons (Fsp3) is 0.320. The zero-order valence-electron chi connectivity index (χ0n) is 21.5. The average molecular weight is 673 g/mol. The molecule has 12 nitrogen and oxygen atoms in total. The van der Waals surface area contributed by atoms with Gasteiger partial charge < -0.3 is 30.7 Å². The fourth-order valence-corrected chi connectivity index (χ4v) is 7.39. The van der Waals surface area contributed by atoms with Crippen molar-refractivity contribution in [2.75, 3.05) is 18.1 Å². The number of pyridine rings is 2. The van der Waals surface area contributed by atoms with Crippen molar-refractivity contribution in [1.29, 1.82) is 0 Å². The van der Waals surface area contributed by atoms with Gasteiger partial charge in [0.15, 0.2) is 12.4 Å². The molecule has 0 spiro atoms. The molecule has 0 aliphatic carbocycles. The summed E-state index contributed by atoms with van der Waals surface area (Å²) < 4.78 is 1.51. The number of carbonyl (C=O) groups excluding carboxylic acids is 3. The molecule has 17 heteroatoms. The molecule has 2 aliphatic rings. The number of hydrogen-bond acceptors (Lipinski definition) is 10. The highest BCUT2D eigenvalue weighted by molar-refractivity contribution is 8.01. The van der Waals surface area contributed by atoms with Gasteiger partial charge in [-0.1, -0.05) is 35.4 Å². The van der Waals surface area contributed by atoms with Crippen LogP contribution in [0.4, 0.5) is 0 Å². The van der Waals surface area contributed by atoms with E-state index in [1.807, 2.05) is 0 Å². The summed E-state index contributed by atoms with van der Waals surface area (Å²) in [6.07, 6.45) is 3.50. The molecule has 42 heavy (non-hydrogen) atoms. The molecule has 0 aromatic carbocycles. The number of aliphatic carboxylic acids is 2. The van der Waals surface area contributed by atoms with Crippen LogP contribution >= 0.6 is 58.9 Å². The van der Waals surface area contributed by atoms with Gasteiger partial charge in [0.25, 0.3) is 11.8 Å². The van der Waals surface area contributed by atoms with Crippen LogP contribution in [0.1, 0.15) is 5.56 Å². The minimum absolute atomic E-state index is 0.0399. The molecule has 222 valence electrons. The predicted octanol–water partition coefficient (Wildman–Crippen LogP) is -0.223. The van der Waals surface area contributed by atoms with E-state index in [1.54, 1.807) is 36.7 Å². The lowest BCUT2D eigenvalue weighted by molar-refractivity contribution is -0.684. The number of aromatic nitrogens is 2. The molecule has 0 bridgehead atoms. The number of rotatable bonds is 12. The lowest BCUT2D eigenvalue weighted by Gasteiger charge is -2.49. The van der Waals surface area contributed by atoms with Gasteiger partial charge in [-0.25, -0.2) is 9.78 Å². The third kappa shape index (κ3) is 7.71. The van der Waals surface area contributed by atoms with Crippen LogP contribution in [0.25, 0.3) is 0 Å². The van der Waals surface area contributed by atoms with Gasteiger partial charge in [0, 0.05) is 35.0 Å². The number of carbonyl (C=O) groups is 4. The molecule has 2 aromatic heterocycles. The number of thioether (sulfide) groups is 2. The first-order valence-electron chi connectivity index (χ1n) is 12.2. The van der Waals surface area contributed by atoms with Crippen molar-refractivity contribution in [2.45, 2.75) is 35.3 Å². The molecular formula is C25H23Cl2N5O7S3. The van der Waals surface area contributed by atoms with Gasteiger partial charge in [0.2, 0.25) is 6.54 Å². The highest BCUT2D eigenvalue weighted by atomic mass is 35.5. The van der Waals surface area contributed by atoms with E-state index in [0.717, 1.165) is 10.5 Å². The summed E-state index contributed by atoms with van der Waals surface area (Å²) in [5.41, 5.74) is 1.28. The van der Waals surface area contributed by atoms with Crippen molar-refractivity contribution in [2.24, 2.45) is 0 Å². The number of amides is 2. The number of hydrogen-bond donors (Lipinski definition) is 4. The lowest BCUT2D eigenvalue weighted by atomic mass is 10.0. The van der Waals surface area contributed by atoms with Gasteiger partial charge in [-0.2, -0.15) is 4.57 Å². The Balaban J connectivity index is 1.34. The first kappa shape index (κ1) is 32.0. The average Bonchev–Trinajstić information content (AvgIpc) is 2.92. The van der Waals surface area contributed by atoms with E-state index in [-0.39, 0.29) is 34.9 Å². The fourth-order valence-electron chi connectivity index (χ4n) is 4.22. The van der Waals surface area contributed by atoms with Crippen LogP contribution in [0.5, 0.6) is 0 Å². The van der Waals surface area contributed by atoms with Gasteiger partial charge in [-0.05, 0) is 23.3 Å². The SMILES string of the molecule is O=C(C[n+]1ccc(SCC2=C(C(=O)O)N3C(=O)[C@@H](NC(=S)Cc4cc(Cl)nc(Cl)c4)[C@H]3SC2)cc1)NC(CO)C(=O)[O-]. The van der Waals surface area contributed by atoms with Gasteiger partial charge in [-0.15, -0.1) is 23.5 Å². The summed E-state index contributed by atoms with van der Waals surface area (Å²) in [6, 6.07) is 4.52. The number of fused-ring (bicyclic) bond motifs is 1. The van der Waals surface area contributed by atoms with Crippen LogP contribution in [-0.2, 0) is 32.1 Å². The maximum Gasteiger partial charge on any atom is 0.352 e. The molecule has 1 saturated heterocycles. The molecule has 3 atom stereocenters. The second kappa shape index (κ2) is 14.0. The molecule has 4 heterocycles. The van der Waals surface area contributed by atoms with E-state index in [2.05, 4.69) is 15.6 Å². The Bertz CT molecular complexity index is 1440. The minimum atomic E-state index is -1.59. The predicted molar refractivity (Wildman–Crippen MR) is 157 cm³/mol. The topological polar surface area (TPSA) is 176 Å². The number of carboxylic acid groups (broad SMARTS) is 2. The van der Waals surface area contributed by atoms with Crippen LogP contribution in [0.3, 0.4) is 0 Å². The van der Waals surface area contributed by atoms with E-state index in [1.165, 1.54) is 33.0 Å². The second-order valence-electron chi connectivity index (χ2n) is 9.13. The largest absolute Gasteiger partial charge is 0.548 e. The first-order chi connectivity index (χ1) is 20.0. The Hall–Kier alpha value is -2.95. The molecule has 4 N–H and O–H groups in total. The van der Waals surface area contributed by atoms with E-state index in [0.29, 0.717) is 22.1 Å². The Kier molecular flexibility index (Phi) is 10.7. The number of β-lactam (4-membered cyclic amide) rings is 1. The molecule has 2 aromatic rings. The Morgan fingerprint density at radius 3 is 2.52 bits per heavy atom. The molecule has 2 aliphatic heterocycles. The zero-order chi connectivity index (χ0) is 30.6. The summed E-state index contributed by atoms with van der Waals surface area (Å²) in [7, 11) is 0. The van der Waals surface area contributed by atoms with Crippen LogP contribution in [0.15, 0.2) is 52.8 Å². The molecule has 4 rings (SSSR count). The molecule has 2 amide bonds. The summed E-state index contributed by atoms with van der Waals surface area (Å²) in [5, 5.41) is 35.0. The summed E-state index contributed by atoms with van der Waals surface area (Å²) in [5.74, 6) is -3.06. The number of aliphatic hydroxyl groups is 1. The highest BCUT2D eigenvalue weighted by Gasteiger charge is 2.53. The molecule has 1 unspecified atom stereocenters. The smallest absolute Gasteiger partial charge is 0.352 e. The number of aliphatic hydroxyl groups excluding tert-OH is 1. The zero-order valence-corrected chi connectivity index (χ0v) is 25.5. The second-order valence-corrected chi connectivity index (χ2v) is 12.5. The third-order valence-electron chi connectivity index (χ3n) is 6.16. The molecule has 0 radical (unpaired) electrons. The van der Waals surface area contributed by atoms with Gasteiger partial charge in [-0.3, -0.25) is 14.5 Å². The lowest BCUT2D eigenvalue weighted by Crippen LogP contribution is -2.70. The number of nitrogens with zero attached hydrogens (tertiary/aromatic N) is 3. The van der Waals surface area contributed by atoms with E-state index >= 15 is 0 Å². The van der Waals surface area contributed by atoms with E-state index in [9.17, 15) is 29.4 Å². The van der Waals surface area contributed by atoms with Crippen LogP contribution in [0, 0.1) is 0 Å². The van der Waals surface area contributed by atoms with E-state index < -0.39 is 41.9 Å². The monoisotopic (exact) mass is 671 g/mol. The minimum Gasteiger partial charge on any atom is -0.548 e. The van der Waals surface area contributed by atoms with Crippen molar-refractivity contribution in [3.8, 4) is 0 Å². The summed E-state index contributed by atoms with van der Waals surface area (Å²) in [4.78, 5) is 54.4. The van der Waals surface area contributed by atoms with Crippen molar-refractivity contribution < 1.29 is 39.1 Å². The van der Waals surface area contributed by atoms with Gasteiger partial charge in [0.1, 0.15) is 27.4 Å². The van der Waals surface area contributed by atoms with E-state index in [4.69, 9.17) is 40.5 Å². The number of thiocarbonyl (C=S) groups is 1. The molecule has 0 saturated carbocycles. The number of halogens is 2. The summed E-state index contributed by atoms with van der Waals surface area (Å²) in [6.45, 7) is -0.965.